The van der Waals surface area contributed by atoms with Gasteiger partial charge in [-0.15, -0.1) is 0 Å². The first-order valence-electron chi connectivity index (χ1n) is 3.09. The van der Waals surface area contributed by atoms with E-state index in [0.717, 1.165) is 0 Å². The van der Waals surface area contributed by atoms with Crippen molar-refractivity contribution in [2.45, 2.75) is 12.5 Å². The lowest BCUT2D eigenvalue weighted by molar-refractivity contribution is -0.506. The average Bonchev–Trinajstić information content (AvgIpc) is 1.88. The van der Waals surface area contributed by atoms with Gasteiger partial charge in [-0.25, -0.2) is 0 Å². The van der Waals surface area contributed by atoms with Gasteiger partial charge in [0, 0.05) is 17.9 Å². The van der Waals surface area contributed by atoms with Gasteiger partial charge < -0.3 is 5.32 Å². The molecule has 1 fully saturated rings. The first-order valence-corrected chi connectivity index (χ1v) is 3.09. The Morgan fingerprint density at radius 3 is 2.80 bits per heavy atom. The van der Waals surface area contributed by atoms with Crippen molar-refractivity contribution in [2.24, 2.45) is 0 Å². The van der Waals surface area contributed by atoms with Gasteiger partial charge in [-0.3, -0.25) is 14.9 Å². The summed E-state index contributed by atoms with van der Waals surface area (Å²) in [6.07, 6.45) is 0.283. The van der Waals surface area contributed by atoms with Gasteiger partial charge in [-0.2, -0.15) is 0 Å². The number of hydrogen-bond acceptors (Lipinski definition) is 4. The third-order valence-corrected chi connectivity index (χ3v) is 1.51. The number of piperidine rings is 1. The Balaban J connectivity index is 2.56. The van der Waals surface area contributed by atoms with Crippen LogP contribution in [0.3, 0.4) is 0 Å². The van der Waals surface area contributed by atoms with Crippen LogP contribution in [-0.2, 0) is 4.79 Å². The second-order valence-corrected chi connectivity index (χ2v) is 2.22. The number of carbonyl (C=O) groups is 1. The summed E-state index contributed by atoms with van der Waals surface area (Å²) in [5.41, 5.74) is 0. The summed E-state index contributed by atoms with van der Waals surface area (Å²) in [4.78, 5) is 20.3. The number of Topliss-reactive ketones (excluding diaryl/α,β-unsaturated/α-hetero) is 1. The van der Waals surface area contributed by atoms with Crippen molar-refractivity contribution < 1.29 is 9.72 Å². The second-order valence-electron chi connectivity index (χ2n) is 2.22. The van der Waals surface area contributed by atoms with E-state index in [4.69, 9.17) is 0 Å². The predicted molar refractivity (Wildman–Crippen MR) is 33.3 cm³/mol. The molecule has 0 aromatic carbocycles. The quantitative estimate of drug-likeness (QED) is 0.386. The Labute approximate surface area is 57.6 Å². The van der Waals surface area contributed by atoms with E-state index in [0.29, 0.717) is 6.54 Å². The van der Waals surface area contributed by atoms with E-state index in [2.05, 4.69) is 5.32 Å². The first kappa shape index (κ1) is 7.14. The molecule has 1 atom stereocenters. The highest BCUT2D eigenvalue weighted by molar-refractivity contribution is 5.83. The maximum atomic E-state index is 10.8. The van der Waals surface area contributed by atoms with Crippen molar-refractivity contribution in [3.63, 3.8) is 0 Å². The van der Waals surface area contributed by atoms with E-state index < -0.39 is 11.0 Å². The van der Waals surface area contributed by atoms with E-state index in [1.165, 1.54) is 0 Å². The molecule has 0 radical (unpaired) electrons. The van der Waals surface area contributed by atoms with Crippen molar-refractivity contribution in [1.29, 1.82) is 0 Å². The Hall–Kier alpha value is -0.970. The van der Waals surface area contributed by atoms with Crippen LogP contribution in [0.25, 0.3) is 0 Å². The zero-order valence-corrected chi connectivity index (χ0v) is 5.37. The topological polar surface area (TPSA) is 72.2 Å². The van der Waals surface area contributed by atoms with Crippen LogP contribution >= 0.6 is 0 Å². The Kier molecular flexibility index (Phi) is 1.96. The van der Waals surface area contributed by atoms with Gasteiger partial charge in [0.25, 0.3) is 6.04 Å². The predicted octanol–water partition coefficient (Wildman–Crippen LogP) is -0.806. The second kappa shape index (κ2) is 2.74. The summed E-state index contributed by atoms with van der Waals surface area (Å²) in [6.45, 7) is 0.759. The molecule has 5 nitrogen and oxygen atoms in total. The molecule has 5 heteroatoms. The molecule has 0 saturated carbocycles. The van der Waals surface area contributed by atoms with E-state index in [9.17, 15) is 14.9 Å². The molecule has 1 N–H and O–H groups in total. The summed E-state index contributed by atoms with van der Waals surface area (Å²) in [6, 6.07) is -1.01. The zero-order valence-electron chi connectivity index (χ0n) is 5.37. The van der Waals surface area contributed by atoms with Crippen LogP contribution in [0.2, 0.25) is 0 Å². The molecule has 0 aromatic heterocycles. The van der Waals surface area contributed by atoms with Gasteiger partial charge in [-0.05, 0) is 0 Å². The Bertz CT molecular complexity index is 168. The molecule has 1 aliphatic rings. The minimum Gasteiger partial charge on any atom is -0.310 e. The Morgan fingerprint density at radius 2 is 2.40 bits per heavy atom. The zero-order chi connectivity index (χ0) is 7.56. The number of ketones is 1. The summed E-state index contributed by atoms with van der Waals surface area (Å²) < 4.78 is 0. The number of nitrogens with one attached hydrogen (secondary N) is 1. The molecule has 10 heavy (non-hydrogen) atoms. The lowest BCUT2D eigenvalue weighted by Gasteiger charge is -2.14. The lowest BCUT2D eigenvalue weighted by Crippen LogP contribution is -2.45. The molecular formula is C5H8N2O3. The molecule has 0 bridgehead atoms. The Morgan fingerprint density at radius 1 is 1.70 bits per heavy atom. The fourth-order valence-corrected chi connectivity index (χ4v) is 0.923. The molecule has 1 rings (SSSR count). The van der Waals surface area contributed by atoms with Crippen molar-refractivity contribution >= 4 is 5.78 Å². The standard InChI is InChI=1S/C5H8N2O3/c8-5-1-2-6-3-4(5)7(9)10/h4,6H,1-3H2. The molecule has 0 spiro atoms. The highest BCUT2D eigenvalue weighted by Gasteiger charge is 2.31. The fraction of sp³-hybridized carbons (Fsp3) is 0.800. The van der Waals surface area contributed by atoms with Gasteiger partial charge in [0.1, 0.15) is 0 Å². The molecule has 56 valence electrons. The normalized spacial score (nSPS) is 26.4. The fourth-order valence-electron chi connectivity index (χ4n) is 0.923. The smallest absolute Gasteiger partial charge is 0.282 e. The lowest BCUT2D eigenvalue weighted by atomic mass is 10.1. The number of hydrogen-bond donors (Lipinski definition) is 1. The highest BCUT2D eigenvalue weighted by Crippen LogP contribution is 1.99. The first-order chi connectivity index (χ1) is 4.72. The van der Waals surface area contributed by atoms with Gasteiger partial charge in [0.05, 0.1) is 6.54 Å². The monoisotopic (exact) mass is 144 g/mol. The number of nitro groups is 1. The summed E-state index contributed by atoms with van der Waals surface area (Å²) >= 11 is 0. The van der Waals surface area contributed by atoms with Crippen molar-refractivity contribution in [2.75, 3.05) is 13.1 Å². The summed E-state index contributed by atoms with van der Waals surface area (Å²) in [7, 11) is 0. The van der Waals surface area contributed by atoms with Gasteiger partial charge in [0.2, 0.25) is 5.78 Å². The van der Waals surface area contributed by atoms with Crippen molar-refractivity contribution in [3.05, 3.63) is 10.1 Å². The minimum absolute atomic E-state index is 0.186. The maximum Gasteiger partial charge on any atom is 0.282 e. The summed E-state index contributed by atoms with van der Waals surface area (Å²) in [5.74, 6) is -0.260. The number of nitrogens with zero attached hydrogens (tertiary/aromatic N) is 1. The number of rotatable bonds is 1. The van der Waals surface area contributed by atoms with Crippen LogP contribution in [0.4, 0.5) is 0 Å². The van der Waals surface area contributed by atoms with Gasteiger partial charge in [-0.1, -0.05) is 0 Å². The molecule has 0 aromatic rings. The van der Waals surface area contributed by atoms with Crippen LogP contribution in [0, 0.1) is 10.1 Å². The van der Waals surface area contributed by atoms with Gasteiger partial charge in [0.15, 0.2) is 0 Å². The third-order valence-electron chi connectivity index (χ3n) is 1.51. The average molecular weight is 144 g/mol. The molecule has 1 heterocycles. The van der Waals surface area contributed by atoms with Gasteiger partial charge >= 0.3 is 0 Å². The molecule has 1 saturated heterocycles. The van der Waals surface area contributed by atoms with E-state index >= 15 is 0 Å². The van der Waals surface area contributed by atoms with Crippen LogP contribution in [0.1, 0.15) is 6.42 Å². The van der Waals surface area contributed by atoms with Crippen molar-refractivity contribution in [3.8, 4) is 0 Å². The SMILES string of the molecule is O=C1CCNCC1[N+](=O)[O-]. The van der Waals surface area contributed by atoms with Crippen LogP contribution in [-0.4, -0.2) is 29.8 Å². The van der Waals surface area contributed by atoms with Crippen LogP contribution in [0.15, 0.2) is 0 Å². The van der Waals surface area contributed by atoms with E-state index in [1.807, 2.05) is 0 Å². The summed E-state index contributed by atoms with van der Waals surface area (Å²) in [5, 5.41) is 12.9. The number of carbonyl (C=O) groups excluding carboxylic acids is 1. The molecule has 1 unspecified atom stereocenters. The van der Waals surface area contributed by atoms with Crippen molar-refractivity contribution in [1.82, 2.24) is 5.32 Å². The van der Waals surface area contributed by atoms with E-state index in [-0.39, 0.29) is 18.7 Å². The minimum atomic E-state index is -1.01. The van der Waals surface area contributed by atoms with Crippen LogP contribution < -0.4 is 5.32 Å². The molecule has 1 aliphatic heterocycles. The molecule has 0 amide bonds. The van der Waals surface area contributed by atoms with E-state index in [1.54, 1.807) is 0 Å². The molecule has 0 aliphatic carbocycles. The van der Waals surface area contributed by atoms with Crippen LogP contribution in [0.5, 0.6) is 0 Å². The molecular weight excluding hydrogens is 136 g/mol. The highest BCUT2D eigenvalue weighted by atomic mass is 16.6. The largest absolute Gasteiger partial charge is 0.310 e. The third kappa shape index (κ3) is 1.30. The maximum absolute atomic E-state index is 10.8.